The van der Waals surface area contributed by atoms with Crippen molar-refractivity contribution in [2.75, 3.05) is 0 Å². The van der Waals surface area contributed by atoms with E-state index in [9.17, 15) is 0 Å². The van der Waals surface area contributed by atoms with Crippen LogP contribution in [0.25, 0.3) is 0 Å². The largest absolute Gasteiger partial charge is 0.455 e. The van der Waals surface area contributed by atoms with Crippen molar-refractivity contribution < 1.29 is 4.74 Å². The van der Waals surface area contributed by atoms with Gasteiger partial charge >= 0.3 is 0 Å². The van der Waals surface area contributed by atoms with Crippen LogP contribution in [-0.4, -0.2) is 10.5 Å². The van der Waals surface area contributed by atoms with Crippen molar-refractivity contribution >= 4 is 11.6 Å². The van der Waals surface area contributed by atoms with Gasteiger partial charge in [0.15, 0.2) is 0 Å². The summed E-state index contributed by atoms with van der Waals surface area (Å²) >= 11 is 6.10. The van der Waals surface area contributed by atoms with Crippen LogP contribution >= 0.6 is 11.6 Å². The van der Waals surface area contributed by atoms with Crippen molar-refractivity contribution in [1.82, 2.24) is 10.3 Å². The molecule has 0 spiro atoms. The predicted octanol–water partition coefficient (Wildman–Crippen LogP) is 4.72. The van der Waals surface area contributed by atoms with Crippen LogP contribution in [0.2, 0.25) is 5.02 Å². The molecule has 0 atom stereocenters. The first-order chi connectivity index (χ1) is 9.85. The Hall–Kier alpha value is -1.58. The Morgan fingerprint density at radius 2 is 1.95 bits per heavy atom. The first-order valence-corrected chi connectivity index (χ1v) is 7.36. The summed E-state index contributed by atoms with van der Waals surface area (Å²) in [6.07, 6.45) is 1.75. The van der Waals surface area contributed by atoms with Gasteiger partial charge in [-0.3, -0.25) is 4.98 Å². The van der Waals surface area contributed by atoms with E-state index in [0.29, 0.717) is 5.02 Å². The molecule has 0 radical (unpaired) electrons. The number of rotatable bonds is 4. The van der Waals surface area contributed by atoms with Crippen LogP contribution in [0, 0.1) is 6.92 Å². The van der Waals surface area contributed by atoms with E-state index < -0.39 is 0 Å². The monoisotopic (exact) mass is 304 g/mol. The summed E-state index contributed by atoms with van der Waals surface area (Å²) in [5.74, 6) is 1.51. The Bertz CT molecular complexity index is 620. The fourth-order valence-electron chi connectivity index (χ4n) is 1.83. The molecule has 0 aliphatic rings. The molecule has 0 fully saturated rings. The molecule has 3 nitrogen and oxygen atoms in total. The number of ether oxygens (including phenoxy) is 1. The standard InChI is InChI=1S/C17H21ClN2O/c1-12-15(6-5-9-19-12)21-16-10-14(18)8-7-13(16)11-20-17(2,3)4/h5-10,20H,11H2,1-4H3. The number of aryl methyl sites for hydroxylation is 1. The van der Waals surface area contributed by atoms with Gasteiger partial charge in [0, 0.05) is 28.9 Å². The molecule has 1 aromatic carbocycles. The molecule has 4 heteroatoms. The molecular formula is C17H21ClN2O. The summed E-state index contributed by atoms with van der Waals surface area (Å²) in [5.41, 5.74) is 1.96. The highest BCUT2D eigenvalue weighted by molar-refractivity contribution is 6.30. The minimum Gasteiger partial charge on any atom is -0.455 e. The SMILES string of the molecule is Cc1ncccc1Oc1cc(Cl)ccc1CNC(C)(C)C. The van der Waals surface area contributed by atoms with Gasteiger partial charge in [-0.2, -0.15) is 0 Å². The first-order valence-electron chi connectivity index (χ1n) is 6.98. The molecule has 21 heavy (non-hydrogen) atoms. The van der Waals surface area contributed by atoms with Crippen LogP contribution < -0.4 is 10.1 Å². The molecule has 0 aliphatic heterocycles. The van der Waals surface area contributed by atoms with Gasteiger partial charge in [0.05, 0.1) is 5.69 Å². The van der Waals surface area contributed by atoms with Gasteiger partial charge in [0.1, 0.15) is 11.5 Å². The highest BCUT2D eigenvalue weighted by Crippen LogP contribution is 2.29. The molecule has 1 aromatic heterocycles. The molecule has 0 aliphatic carbocycles. The Kier molecular flexibility index (Phi) is 4.86. The van der Waals surface area contributed by atoms with E-state index >= 15 is 0 Å². The molecule has 1 N–H and O–H groups in total. The smallest absolute Gasteiger partial charge is 0.148 e. The number of hydrogen-bond donors (Lipinski definition) is 1. The molecule has 0 saturated heterocycles. The number of nitrogens with one attached hydrogen (secondary N) is 1. The molecule has 0 amide bonds. The highest BCUT2D eigenvalue weighted by Gasteiger charge is 2.12. The van der Waals surface area contributed by atoms with E-state index in [1.807, 2.05) is 37.3 Å². The molecule has 0 unspecified atom stereocenters. The normalized spacial score (nSPS) is 11.5. The lowest BCUT2D eigenvalue weighted by Gasteiger charge is -2.22. The van der Waals surface area contributed by atoms with Crippen molar-refractivity contribution in [3.05, 3.63) is 52.8 Å². The number of pyridine rings is 1. The van der Waals surface area contributed by atoms with Crippen LogP contribution in [0.15, 0.2) is 36.5 Å². The van der Waals surface area contributed by atoms with Crippen molar-refractivity contribution in [2.24, 2.45) is 0 Å². The van der Waals surface area contributed by atoms with Crippen LogP contribution in [-0.2, 0) is 6.54 Å². The topological polar surface area (TPSA) is 34.1 Å². The van der Waals surface area contributed by atoms with Crippen molar-refractivity contribution in [2.45, 2.75) is 39.8 Å². The van der Waals surface area contributed by atoms with Gasteiger partial charge in [-0.25, -0.2) is 0 Å². The minimum atomic E-state index is 0.0428. The van der Waals surface area contributed by atoms with Gasteiger partial charge in [0.25, 0.3) is 0 Å². The molecular weight excluding hydrogens is 284 g/mol. The lowest BCUT2D eigenvalue weighted by Crippen LogP contribution is -2.35. The number of aromatic nitrogens is 1. The average molecular weight is 305 g/mol. The zero-order valence-corrected chi connectivity index (χ0v) is 13.7. The van der Waals surface area contributed by atoms with E-state index in [-0.39, 0.29) is 5.54 Å². The number of hydrogen-bond acceptors (Lipinski definition) is 3. The average Bonchev–Trinajstić information content (AvgIpc) is 2.39. The second-order valence-electron chi connectivity index (χ2n) is 6.04. The second-order valence-corrected chi connectivity index (χ2v) is 6.48. The third-order valence-electron chi connectivity index (χ3n) is 3.02. The maximum absolute atomic E-state index is 6.10. The molecule has 0 bridgehead atoms. The lowest BCUT2D eigenvalue weighted by molar-refractivity contribution is 0.413. The van der Waals surface area contributed by atoms with Gasteiger partial charge in [0.2, 0.25) is 0 Å². The van der Waals surface area contributed by atoms with Crippen LogP contribution in [0.5, 0.6) is 11.5 Å². The van der Waals surface area contributed by atoms with Crippen molar-refractivity contribution in [3.8, 4) is 11.5 Å². The summed E-state index contributed by atoms with van der Waals surface area (Å²) in [5, 5.41) is 4.12. The molecule has 0 saturated carbocycles. The van der Waals surface area contributed by atoms with Crippen molar-refractivity contribution in [1.29, 1.82) is 0 Å². The number of halogens is 1. The lowest BCUT2D eigenvalue weighted by atomic mass is 10.1. The quantitative estimate of drug-likeness (QED) is 0.887. The third kappa shape index (κ3) is 4.73. The van der Waals surface area contributed by atoms with E-state index in [1.165, 1.54) is 0 Å². The fourth-order valence-corrected chi connectivity index (χ4v) is 1.99. The second kappa shape index (κ2) is 6.46. The van der Waals surface area contributed by atoms with E-state index in [1.54, 1.807) is 6.20 Å². The zero-order chi connectivity index (χ0) is 15.5. The van der Waals surface area contributed by atoms with E-state index in [2.05, 4.69) is 31.1 Å². The maximum atomic E-state index is 6.10. The van der Waals surface area contributed by atoms with Gasteiger partial charge < -0.3 is 10.1 Å². The summed E-state index contributed by atoms with van der Waals surface area (Å²) < 4.78 is 6.00. The molecule has 112 valence electrons. The summed E-state index contributed by atoms with van der Waals surface area (Å²) in [4.78, 5) is 4.24. The van der Waals surface area contributed by atoms with E-state index in [4.69, 9.17) is 16.3 Å². The molecule has 2 rings (SSSR count). The van der Waals surface area contributed by atoms with E-state index in [0.717, 1.165) is 29.3 Å². The highest BCUT2D eigenvalue weighted by atomic mass is 35.5. The Labute approximate surface area is 131 Å². The molecule has 1 heterocycles. The first kappa shape index (κ1) is 15.8. The number of nitrogens with zero attached hydrogens (tertiary/aromatic N) is 1. The van der Waals surface area contributed by atoms with Crippen LogP contribution in [0.4, 0.5) is 0 Å². The Balaban J connectivity index is 2.25. The zero-order valence-electron chi connectivity index (χ0n) is 12.9. The van der Waals surface area contributed by atoms with Gasteiger partial charge in [-0.05, 0) is 52.0 Å². The van der Waals surface area contributed by atoms with Gasteiger partial charge in [-0.1, -0.05) is 17.7 Å². The Morgan fingerprint density at radius 1 is 1.19 bits per heavy atom. The van der Waals surface area contributed by atoms with Crippen LogP contribution in [0.1, 0.15) is 32.0 Å². The minimum absolute atomic E-state index is 0.0428. The predicted molar refractivity (Wildman–Crippen MR) is 87.1 cm³/mol. The van der Waals surface area contributed by atoms with Crippen LogP contribution in [0.3, 0.4) is 0 Å². The van der Waals surface area contributed by atoms with Gasteiger partial charge in [-0.15, -0.1) is 0 Å². The third-order valence-corrected chi connectivity index (χ3v) is 3.25. The number of benzene rings is 1. The summed E-state index contributed by atoms with van der Waals surface area (Å²) in [6.45, 7) is 9.04. The van der Waals surface area contributed by atoms with Crippen molar-refractivity contribution in [3.63, 3.8) is 0 Å². The maximum Gasteiger partial charge on any atom is 0.148 e. The molecule has 2 aromatic rings. The Morgan fingerprint density at radius 3 is 2.62 bits per heavy atom. The summed E-state index contributed by atoms with van der Waals surface area (Å²) in [7, 11) is 0. The fraction of sp³-hybridized carbons (Fsp3) is 0.353. The summed E-state index contributed by atoms with van der Waals surface area (Å²) in [6, 6.07) is 9.48.